The molecule has 0 aliphatic heterocycles. The maximum atomic E-state index is 6.66. The van der Waals surface area contributed by atoms with Gasteiger partial charge in [-0.3, -0.25) is 4.57 Å². The number of para-hydroxylation sites is 2. The maximum Gasteiger partial charge on any atom is 0.238 e. The summed E-state index contributed by atoms with van der Waals surface area (Å²) in [5.74, 6) is 1.71. The second-order valence-corrected chi connectivity index (χ2v) is 15.5. The molecule has 7 aromatic heterocycles. The third-order valence-electron chi connectivity index (χ3n) is 12.6. The first kappa shape index (κ1) is 29.3. The standard InChI is InChI=1S/C51H25N5O2/c1-2-8-26(9-3-1)27-16-18-28(19-17-27)49-52-50(34-13-7-15-38-41(34)33-10-4-5-14-37(33)57-38)54-51(53-49)55-35-23-25-39-44-42(35)43-36(55)22-20-31-29-11-6-12-30-32-21-24-40(58-39)45(44)48(32)56(46(29)30)47(31)43/h1-25H. The molecule has 0 aliphatic rings. The predicted molar refractivity (Wildman–Crippen MR) is 233 cm³/mol. The zero-order valence-corrected chi connectivity index (χ0v) is 30.5. The van der Waals surface area contributed by atoms with Gasteiger partial charge in [-0.1, -0.05) is 109 Å². The molecule has 7 nitrogen and oxygen atoms in total. The maximum absolute atomic E-state index is 6.66. The van der Waals surface area contributed by atoms with Gasteiger partial charge in [0.15, 0.2) is 11.6 Å². The van der Waals surface area contributed by atoms with Crippen molar-refractivity contribution in [2.24, 2.45) is 0 Å². The molecule has 7 heteroatoms. The number of hydrogen-bond acceptors (Lipinski definition) is 5. The van der Waals surface area contributed by atoms with Crippen LogP contribution >= 0.6 is 0 Å². The largest absolute Gasteiger partial charge is 0.456 e. The number of aromatic nitrogens is 5. The first-order valence-corrected chi connectivity index (χ1v) is 19.5. The van der Waals surface area contributed by atoms with Gasteiger partial charge in [0.1, 0.15) is 22.3 Å². The predicted octanol–water partition coefficient (Wildman–Crippen LogP) is 13.2. The molecule has 0 fully saturated rings. The Bertz CT molecular complexity index is 4130. The van der Waals surface area contributed by atoms with Crippen molar-refractivity contribution in [3.8, 4) is 39.9 Å². The fourth-order valence-electron chi connectivity index (χ4n) is 10.3. The van der Waals surface area contributed by atoms with E-state index in [-0.39, 0.29) is 0 Å². The quantitative estimate of drug-likeness (QED) is 0.180. The highest BCUT2D eigenvalue weighted by Crippen LogP contribution is 2.52. The van der Waals surface area contributed by atoms with Crippen molar-refractivity contribution < 1.29 is 8.83 Å². The summed E-state index contributed by atoms with van der Waals surface area (Å²) in [6.07, 6.45) is 0. The number of rotatable bonds is 4. The smallest absolute Gasteiger partial charge is 0.238 e. The van der Waals surface area contributed by atoms with Gasteiger partial charge >= 0.3 is 0 Å². The fourth-order valence-corrected chi connectivity index (χ4v) is 10.3. The van der Waals surface area contributed by atoms with Crippen molar-refractivity contribution in [2.45, 2.75) is 0 Å². The monoisotopic (exact) mass is 739 g/mol. The lowest BCUT2D eigenvalue weighted by Crippen LogP contribution is -2.06. The van der Waals surface area contributed by atoms with Crippen molar-refractivity contribution in [2.75, 3.05) is 0 Å². The Labute approximate surface area is 326 Å². The third kappa shape index (κ3) is 3.42. The van der Waals surface area contributed by atoms with Crippen LogP contribution in [0.2, 0.25) is 0 Å². The minimum absolute atomic E-state index is 0.545. The number of hydrogen-bond donors (Lipinski definition) is 0. The average Bonchev–Trinajstić information content (AvgIpc) is 4.07. The van der Waals surface area contributed by atoms with E-state index in [9.17, 15) is 0 Å². The normalized spacial score (nSPS) is 12.8. The van der Waals surface area contributed by atoms with Crippen LogP contribution in [0.5, 0.6) is 0 Å². The molecule has 7 heterocycles. The van der Waals surface area contributed by atoms with Crippen LogP contribution in [0, 0.1) is 0 Å². The molecule has 0 saturated carbocycles. The van der Waals surface area contributed by atoms with Crippen molar-refractivity contribution in [1.82, 2.24) is 23.9 Å². The lowest BCUT2D eigenvalue weighted by molar-refractivity contribution is 0.669. The SMILES string of the molecule is c1ccc(-c2ccc(-c3nc(-c4cccc5oc6ccccc6c45)nc(-n4c5ccc6oc7ccc8c9cccc%10c%11ccc4c4c5c6c7c8n(c9%10)c%114)n3)cc2)cc1. The Morgan fingerprint density at radius 2 is 0.931 bits per heavy atom. The van der Waals surface area contributed by atoms with Gasteiger partial charge < -0.3 is 13.2 Å². The molecule has 0 aliphatic carbocycles. The lowest BCUT2D eigenvalue weighted by Gasteiger charge is -2.12. The lowest BCUT2D eigenvalue weighted by atomic mass is 10.0. The number of furan rings is 2. The average molecular weight is 740 g/mol. The first-order valence-electron chi connectivity index (χ1n) is 19.5. The second kappa shape index (κ2) is 10.0. The second-order valence-electron chi connectivity index (χ2n) is 15.5. The van der Waals surface area contributed by atoms with Gasteiger partial charge in [0.2, 0.25) is 5.95 Å². The minimum atomic E-state index is 0.545. The van der Waals surface area contributed by atoms with E-state index in [2.05, 4.69) is 124 Å². The molecule has 0 radical (unpaired) electrons. The van der Waals surface area contributed by atoms with E-state index in [4.69, 9.17) is 23.8 Å². The van der Waals surface area contributed by atoms with Gasteiger partial charge in [-0.05, 0) is 53.6 Å². The molecular weight excluding hydrogens is 715 g/mol. The van der Waals surface area contributed by atoms with Crippen LogP contribution in [0.3, 0.4) is 0 Å². The Kier molecular flexibility index (Phi) is 5.07. The van der Waals surface area contributed by atoms with E-state index in [1.165, 1.54) is 43.5 Å². The van der Waals surface area contributed by atoms with E-state index in [1.807, 2.05) is 36.4 Å². The molecule has 0 N–H and O–H groups in total. The van der Waals surface area contributed by atoms with Crippen molar-refractivity contribution in [3.05, 3.63) is 152 Å². The molecule has 0 atom stereocenters. The molecule has 0 unspecified atom stereocenters. The highest BCUT2D eigenvalue weighted by molar-refractivity contribution is 6.41. The summed E-state index contributed by atoms with van der Waals surface area (Å²) in [6, 6.07) is 53.1. The molecule has 0 bridgehead atoms. The summed E-state index contributed by atoms with van der Waals surface area (Å²) in [5, 5.41) is 11.6. The zero-order chi connectivity index (χ0) is 37.4. The summed E-state index contributed by atoms with van der Waals surface area (Å²) in [4.78, 5) is 16.0. The van der Waals surface area contributed by atoms with Gasteiger partial charge in [0.05, 0.1) is 33.0 Å². The fraction of sp³-hybridized carbons (Fsp3) is 0. The van der Waals surface area contributed by atoms with Crippen LogP contribution < -0.4 is 0 Å². The van der Waals surface area contributed by atoms with Crippen molar-refractivity contribution >= 4 is 104 Å². The van der Waals surface area contributed by atoms with Crippen LogP contribution in [0.4, 0.5) is 0 Å². The Balaban J connectivity index is 1.08. The summed E-state index contributed by atoms with van der Waals surface area (Å²) in [5.41, 5.74) is 13.2. The van der Waals surface area contributed by atoms with Gasteiger partial charge in [-0.15, -0.1) is 0 Å². The van der Waals surface area contributed by atoms with Gasteiger partial charge in [0, 0.05) is 59.6 Å². The molecule has 15 rings (SSSR count). The molecule has 15 aromatic rings. The van der Waals surface area contributed by atoms with Crippen molar-refractivity contribution in [1.29, 1.82) is 0 Å². The Morgan fingerprint density at radius 1 is 0.345 bits per heavy atom. The molecular formula is C51H25N5O2. The number of benzene rings is 8. The van der Waals surface area contributed by atoms with E-state index < -0.39 is 0 Å². The van der Waals surface area contributed by atoms with E-state index >= 15 is 0 Å². The van der Waals surface area contributed by atoms with E-state index in [1.54, 1.807) is 0 Å². The number of fused-ring (bicyclic) bond motifs is 5. The first-order chi connectivity index (χ1) is 28.8. The summed E-state index contributed by atoms with van der Waals surface area (Å²) >= 11 is 0. The van der Waals surface area contributed by atoms with Crippen LogP contribution in [-0.4, -0.2) is 23.9 Å². The van der Waals surface area contributed by atoms with Crippen molar-refractivity contribution in [3.63, 3.8) is 0 Å². The number of nitrogens with zero attached hydrogens (tertiary/aromatic N) is 5. The summed E-state index contributed by atoms with van der Waals surface area (Å²) < 4.78 is 17.7. The topological polar surface area (TPSA) is 74.3 Å². The third-order valence-corrected chi connectivity index (χ3v) is 12.6. The van der Waals surface area contributed by atoms with Gasteiger partial charge in [-0.2, -0.15) is 9.97 Å². The van der Waals surface area contributed by atoms with Gasteiger partial charge in [0.25, 0.3) is 0 Å². The van der Waals surface area contributed by atoms with Crippen LogP contribution in [0.15, 0.2) is 160 Å². The molecule has 58 heavy (non-hydrogen) atoms. The van der Waals surface area contributed by atoms with Gasteiger partial charge in [-0.25, -0.2) is 4.98 Å². The van der Waals surface area contributed by atoms with E-state index in [0.717, 1.165) is 82.6 Å². The summed E-state index contributed by atoms with van der Waals surface area (Å²) in [7, 11) is 0. The summed E-state index contributed by atoms with van der Waals surface area (Å²) in [6.45, 7) is 0. The zero-order valence-electron chi connectivity index (χ0n) is 30.5. The minimum Gasteiger partial charge on any atom is -0.456 e. The molecule has 0 saturated heterocycles. The van der Waals surface area contributed by atoms with Crippen LogP contribution in [0.25, 0.3) is 144 Å². The van der Waals surface area contributed by atoms with Crippen LogP contribution in [-0.2, 0) is 0 Å². The highest BCUT2D eigenvalue weighted by atomic mass is 16.3. The molecule has 0 spiro atoms. The Morgan fingerprint density at radius 3 is 1.81 bits per heavy atom. The Hall–Kier alpha value is -8.03. The molecule has 0 amide bonds. The highest BCUT2D eigenvalue weighted by Gasteiger charge is 2.30. The molecule has 266 valence electrons. The molecule has 8 aromatic carbocycles. The van der Waals surface area contributed by atoms with Crippen LogP contribution in [0.1, 0.15) is 0 Å². The van der Waals surface area contributed by atoms with E-state index in [0.29, 0.717) is 17.6 Å².